The van der Waals surface area contributed by atoms with Gasteiger partial charge in [0.05, 0.1) is 22.7 Å². The Labute approximate surface area is 283 Å². The second kappa shape index (κ2) is 11.6. The van der Waals surface area contributed by atoms with Crippen LogP contribution in [0.4, 0.5) is 17.2 Å². The number of anilines is 3. The predicted octanol–water partition coefficient (Wildman–Crippen LogP) is 10.1. The van der Waals surface area contributed by atoms with Gasteiger partial charge in [0.2, 0.25) is 0 Å². The molecule has 0 aliphatic carbocycles. The topological polar surface area (TPSA) is 69.5 Å². The number of hydrogen-bond acceptors (Lipinski definition) is 6. The number of nitrogens with zero attached hydrogens (tertiary/aromatic N) is 4. The van der Waals surface area contributed by atoms with Crippen LogP contribution in [-0.4, -0.2) is 14.5 Å². The van der Waals surface area contributed by atoms with Gasteiger partial charge in [0.25, 0.3) is 0 Å². The minimum Gasteiger partial charge on any atom is -0.512 e. The van der Waals surface area contributed by atoms with Gasteiger partial charge in [-0.15, -0.1) is 12.1 Å². The average molecular weight is 792 g/mol. The van der Waals surface area contributed by atoms with E-state index in [1.807, 2.05) is 115 Å². The number of pyridine rings is 1. The first kappa shape index (κ1) is 28.8. The molecule has 4 heterocycles. The number of aromatic nitrogens is 3. The third kappa shape index (κ3) is 4.87. The summed E-state index contributed by atoms with van der Waals surface area (Å²) in [7, 11) is 1.95. The number of ether oxygens (including phenoxy) is 1. The molecule has 9 rings (SSSR count). The Balaban J connectivity index is 0.00000324. The van der Waals surface area contributed by atoms with Gasteiger partial charge >= 0.3 is 21.1 Å². The molecule has 0 fully saturated rings. The number of furan rings is 2. The van der Waals surface area contributed by atoms with E-state index in [1.54, 1.807) is 12.4 Å². The number of hydrogen-bond donors (Lipinski definition) is 0. The molecule has 0 spiro atoms. The van der Waals surface area contributed by atoms with Crippen LogP contribution in [0, 0.1) is 12.1 Å². The SMILES string of the molecule is Cn1ccnc1-c1[c-]c(Oc2[c-]c(N(c3ccccc3)c3ccccn3)cc3c2oc2ccccc23)cc2c1oc1ccccc12.[Pt+2]. The van der Waals surface area contributed by atoms with E-state index in [1.165, 1.54) is 0 Å². The van der Waals surface area contributed by atoms with Gasteiger partial charge in [0.15, 0.2) is 0 Å². The van der Waals surface area contributed by atoms with Crippen molar-refractivity contribution < 1.29 is 34.6 Å². The summed E-state index contributed by atoms with van der Waals surface area (Å²) in [6, 6.07) is 42.9. The number of rotatable bonds is 6. The molecule has 0 aliphatic rings. The van der Waals surface area contributed by atoms with Gasteiger partial charge in [-0.2, -0.15) is 0 Å². The van der Waals surface area contributed by atoms with Crippen LogP contribution in [-0.2, 0) is 28.1 Å². The van der Waals surface area contributed by atoms with Crippen LogP contribution in [0.2, 0.25) is 0 Å². The quantitative estimate of drug-likeness (QED) is 0.156. The molecule has 8 heteroatoms. The molecule has 0 saturated heterocycles. The van der Waals surface area contributed by atoms with Crippen molar-refractivity contribution in [2.75, 3.05) is 4.90 Å². The minimum absolute atomic E-state index is 0. The monoisotopic (exact) mass is 791 g/mol. The van der Waals surface area contributed by atoms with E-state index in [4.69, 9.17) is 18.6 Å². The first-order valence-corrected chi connectivity index (χ1v) is 14.9. The van der Waals surface area contributed by atoms with E-state index in [2.05, 4.69) is 34.1 Å². The number of benzene rings is 5. The molecule has 0 saturated carbocycles. The van der Waals surface area contributed by atoms with Crippen molar-refractivity contribution in [3.63, 3.8) is 0 Å². The summed E-state index contributed by atoms with van der Waals surface area (Å²) < 4.78 is 21.5. The molecule has 5 aromatic carbocycles. The maximum atomic E-state index is 6.76. The van der Waals surface area contributed by atoms with Crippen LogP contribution >= 0.6 is 0 Å². The van der Waals surface area contributed by atoms with Crippen LogP contribution in [0.3, 0.4) is 0 Å². The fourth-order valence-corrected chi connectivity index (χ4v) is 6.04. The van der Waals surface area contributed by atoms with Gasteiger partial charge in [-0.05, 0) is 36.4 Å². The molecule has 0 N–H and O–H groups in total. The van der Waals surface area contributed by atoms with Gasteiger partial charge in [0, 0.05) is 47.8 Å². The smallest absolute Gasteiger partial charge is 0.512 e. The summed E-state index contributed by atoms with van der Waals surface area (Å²) in [6.07, 6.45) is 5.44. The fourth-order valence-electron chi connectivity index (χ4n) is 6.04. The van der Waals surface area contributed by atoms with E-state index < -0.39 is 0 Å². The van der Waals surface area contributed by atoms with E-state index in [-0.39, 0.29) is 21.1 Å². The Bertz CT molecular complexity index is 2500. The molecular weight excluding hydrogens is 768 g/mol. The second-order valence-corrected chi connectivity index (χ2v) is 11.0. The summed E-state index contributed by atoms with van der Waals surface area (Å²) >= 11 is 0. The maximum Gasteiger partial charge on any atom is 2.00 e. The maximum absolute atomic E-state index is 6.76. The largest absolute Gasteiger partial charge is 2.00 e. The second-order valence-electron chi connectivity index (χ2n) is 11.0. The van der Waals surface area contributed by atoms with Crippen LogP contribution in [0.1, 0.15) is 0 Å². The Hall–Kier alpha value is -5.65. The van der Waals surface area contributed by atoms with Gasteiger partial charge in [-0.1, -0.05) is 94.8 Å². The molecular formula is C39H24N4O3Pt. The Morgan fingerprint density at radius 1 is 0.681 bits per heavy atom. The summed E-state index contributed by atoms with van der Waals surface area (Å²) in [4.78, 5) is 11.4. The molecule has 9 aromatic rings. The van der Waals surface area contributed by atoms with Crippen LogP contribution in [0.25, 0.3) is 55.3 Å². The minimum atomic E-state index is 0. The molecule has 7 nitrogen and oxygen atoms in total. The van der Waals surface area contributed by atoms with E-state index >= 15 is 0 Å². The van der Waals surface area contributed by atoms with Crippen molar-refractivity contribution in [3.8, 4) is 22.9 Å². The molecule has 0 bridgehead atoms. The van der Waals surface area contributed by atoms with Crippen LogP contribution < -0.4 is 9.64 Å². The number of aryl methyl sites for hydroxylation is 1. The van der Waals surface area contributed by atoms with Crippen molar-refractivity contribution >= 4 is 61.1 Å². The normalized spacial score (nSPS) is 11.3. The van der Waals surface area contributed by atoms with Crippen molar-refractivity contribution in [1.82, 2.24) is 14.5 Å². The molecule has 0 amide bonds. The Kier molecular flexibility index (Phi) is 7.11. The van der Waals surface area contributed by atoms with Crippen molar-refractivity contribution in [2.24, 2.45) is 7.05 Å². The summed E-state index contributed by atoms with van der Waals surface area (Å²) in [5.41, 5.74) is 5.20. The van der Waals surface area contributed by atoms with Gasteiger partial charge in [-0.3, -0.25) is 4.98 Å². The van der Waals surface area contributed by atoms with E-state index in [0.29, 0.717) is 34.1 Å². The zero-order valence-electron chi connectivity index (χ0n) is 25.0. The molecule has 0 aliphatic heterocycles. The zero-order chi connectivity index (χ0) is 30.6. The van der Waals surface area contributed by atoms with Crippen LogP contribution in [0.5, 0.6) is 11.5 Å². The number of imidazole rings is 1. The molecule has 47 heavy (non-hydrogen) atoms. The molecule has 0 atom stereocenters. The average Bonchev–Trinajstić information content (AvgIpc) is 3.81. The third-order valence-electron chi connectivity index (χ3n) is 8.14. The predicted molar refractivity (Wildman–Crippen MR) is 180 cm³/mol. The summed E-state index contributed by atoms with van der Waals surface area (Å²) in [6.45, 7) is 0. The standard InChI is InChI=1S/C39H24N4O3.Pt/c1-42-20-19-41-39(42)32-24-27(23-31-29-14-6-7-15-33(29)45-37(31)32)44-35-22-26(21-30-28-13-5-8-16-34(28)46-38(30)35)43(25-11-3-2-4-12-25)36-17-9-10-18-40-36;/h2-21,23H,1H3;/q-2;+2. The Morgan fingerprint density at radius 3 is 2.06 bits per heavy atom. The molecule has 0 unspecified atom stereocenters. The van der Waals surface area contributed by atoms with Crippen molar-refractivity contribution in [1.29, 1.82) is 0 Å². The molecule has 0 radical (unpaired) electrons. The Morgan fingerprint density at radius 2 is 1.36 bits per heavy atom. The molecule has 4 aromatic heterocycles. The van der Waals surface area contributed by atoms with E-state index in [9.17, 15) is 0 Å². The summed E-state index contributed by atoms with van der Waals surface area (Å²) in [5, 5.41) is 3.75. The summed E-state index contributed by atoms with van der Waals surface area (Å²) in [5.74, 6) is 2.37. The van der Waals surface area contributed by atoms with Gasteiger partial charge in [0.1, 0.15) is 17.0 Å². The van der Waals surface area contributed by atoms with Gasteiger partial charge in [-0.25, -0.2) is 4.98 Å². The van der Waals surface area contributed by atoms with Crippen molar-refractivity contribution in [2.45, 2.75) is 0 Å². The van der Waals surface area contributed by atoms with Gasteiger partial charge < -0.3 is 23.0 Å². The third-order valence-corrected chi connectivity index (χ3v) is 8.14. The van der Waals surface area contributed by atoms with E-state index in [0.717, 1.165) is 49.9 Å². The number of para-hydroxylation sites is 3. The van der Waals surface area contributed by atoms with Crippen molar-refractivity contribution in [3.05, 3.63) is 140 Å². The number of fused-ring (bicyclic) bond motifs is 6. The fraction of sp³-hybridized carbons (Fsp3) is 0.0256. The van der Waals surface area contributed by atoms with Crippen LogP contribution in [0.15, 0.2) is 137 Å². The first-order valence-electron chi connectivity index (χ1n) is 14.9. The first-order chi connectivity index (χ1) is 22.7. The zero-order valence-corrected chi connectivity index (χ0v) is 27.2. The molecule has 228 valence electrons.